The molecule has 1 unspecified atom stereocenters. The fourth-order valence-corrected chi connectivity index (χ4v) is 4.55. The van der Waals surface area contributed by atoms with Crippen molar-refractivity contribution < 1.29 is 27.4 Å². The fourth-order valence-electron chi connectivity index (χ4n) is 4.55. The molecule has 11 heteroatoms. The van der Waals surface area contributed by atoms with Gasteiger partial charge in [-0.3, -0.25) is 9.36 Å². The zero-order valence-corrected chi connectivity index (χ0v) is 22.9. The zero-order valence-electron chi connectivity index (χ0n) is 22.9. The van der Waals surface area contributed by atoms with Crippen molar-refractivity contribution >= 4 is 22.6 Å². The molecule has 1 aromatic heterocycles. The van der Waals surface area contributed by atoms with Crippen molar-refractivity contribution in [3.05, 3.63) is 94.5 Å². The molecule has 0 saturated carbocycles. The van der Waals surface area contributed by atoms with Gasteiger partial charge in [-0.2, -0.15) is 13.2 Å². The minimum atomic E-state index is -4.49. The van der Waals surface area contributed by atoms with Gasteiger partial charge in [0.15, 0.2) is 0 Å². The molecule has 4 aromatic rings. The Hall–Kier alpha value is -4.38. The molecule has 41 heavy (non-hydrogen) atoms. The van der Waals surface area contributed by atoms with Gasteiger partial charge in [-0.1, -0.05) is 19.1 Å². The quantitative estimate of drug-likeness (QED) is 0.238. The normalized spacial score (nSPS) is 12.2. The van der Waals surface area contributed by atoms with Crippen LogP contribution in [0, 0.1) is 0 Å². The number of nitrogens with zero attached hydrogens (tertiary/aromatic N) is 3. The molecule has 2 amide bonds. The first-order valence-corrected chi connectivity index (χ1v) is 13.2. The third-order valence-corrected chi connectivity index (χ3v) is 6.53. The third-order valence-electron chi connectivity index (χ3n) is 6.53. The second kappa shape index (κ2) is 12.9. The van der Waals surface area contributed by atoms with E-state index in [4.69, 9.17) is 14.5 Å². The topological polar surface area (TPSA) is 85.7 Å². The monoisotopic (exact) mass is 568 g/mol. The number of hydrogen-bond acceptors (Lipinski definition) is 5. The van der Waals surface area contributed by atoms with E-state index in [9.17, 15) is 22.8 Å². The van der Waals surface area contributed by atoms with E-state index in [1.54, 1.807) is 48.5 Å². The van der Waals surface area contributed by atoms with E-state index in [2.05, 4.69) is 5.32 Å². The van der Waals surface area contributed by atoms with Crippen molar-refractivity contribution in [3.8, 4) is 11.4 Å². The molecule has 1 N–H and O–H groups in total. The molecule has 216 valence electrons. The summed E-state index contributed by atoms with van der Waals surface area (Å²) in [6.07, 6.45) is -4.11. The number of halogens is 3. The van der Waals surface area contributed by atoms with E-state index >= 15 is 0 Å². The summed E-state index contributed by atoms with van der Waals surface area (Å²) in [5, 5.41) is 3.09. The van der Waals surface area contributed by atoms with Gasteiger partial charge in [0.2, 0.25) is 0 Å². The van der Waals surface area contributed by atoms with Crippen LogP contribution in [0.1, 0.15) is 37.7 Å². The summed E-state index contributed by atoms with van der Waals surface area (Å²) in [7, 11) is 1.50. The lowest BCUT2D eigenvalue weighted by Crippen LogP contribution is -2.42. The van der Waals surface area contributed by atoms with Gasteiger partial charge in [-0.05, 0) is 74.0 Å². The Morgan fingerprint density at radius 3 is 2.32 bits per heavy atom. The lowest BCUT2D eigenvalue weighted by molar-refractivity contribution is -0.137. The highest BCUT2D eigenvalue weighted by molar-refractivity contribution is 5.89. The molecule has 0 fully saturated rings. The number of rotatable bonds is 10. The lowest BCUT2D eigenvalue weighted by atomic mass is 10.1. The number of methoxy groups -OCH3 is 1. The van der Waals surface area contributed by atoms with Crippen molar-refractivity contribution in [1.82, 2.24) is 14.5 Å². The van der Waals surface area contributed by atoms with E-state index in [1.165, 1.54) is 28.7 Å². The van der Waals surface area contributed by atoms with Crippen LogP contribution in [0.5, 0.6) is 5.75 Å². The Kier molecular flexibility index (Phi) is 9.28. The maximum atomic E-state index is 13.8. The number of carbonyl (C=O) groups is 1. The Balaban J connectivity index is 1.79. The predicted molar refractivity (Wildman–Crippen MR) is 151 cm³/mol. The van der Waals surface area contributed by atoms with Gasteiger partial charge >= 0.3 is 12.2 Å². The number of benzene rings is 3. The minimum Gasteiger partial charge on any atom is -0.494 e. The molecule has 0 radical (unpaired) electrons. The van der Waals surface area contributed by atoms with Crippen molar-refractivity contribution in [1.29, 1.82) is 0 Å². The Bertz CT molecular complexity index is 1540. The number of ether oxygens (including phenoxy) is 2. The van der Waals surface area contributed by atoms with E-state index in [1.807, 2.05) is 13.8 Å². The number of nitrogens with one attached hydrogen (secondary N) is 1. The molecule has 0 aliphatic rings. The van der Waals surface area contributed by atoms with Crippen molar-refractivity contribution in [3.63, 3.8) is 0 Å². The highest BCUT2D eigenvalue weighted by Crippen LogP contribution is 2.31. The number of hydrogen-bond donors (Lipinski definition) is 1. The highest BCUT2D eigenvalue weighted by atomic mass is 19.4. The van der Waals surface area contributed by atoms with Gasteiger partial charge in [0.25, 0.3) is 5.56 Å². The molecule has 0 spiro atoms. The molecule has 0 saturated heterocycles. The second-order valence-electron chi connectivity index (χ2n) is 9.17. The van der Waals surface area contributed by atoms with Crippen LogP contribution >= 0.6 is 0 Å². The van der Waals surface area contributed by atoms with Crippen LogP contribution in [-0.4, -0.2) is 47.4 Å². The average molecular weight is 569 g/mol. The van der Waals surface area contributed by atoms with Gasteiger partial charge in [0.1, 0.15) is 11.6 Å². The van der Waals surface area contributed by atoms with Gasteiger partial charge in [-0.25, -0.2) is 9.78 Å². The molecule has 8 nitrogen and oxygen atoms in total. The molecule has 3 aromatic carbocycles. The Morgan fingerprint density at radius 1 is 1.02 bits per heavy atom. The molecule has 1 heterocycles. The van der Waals surface area contributed by atoms with Crippen LogP contribution in [0.2, 0.25) is 0 Å². The summed E-state index contributed by atoms with van der Waals surface area (Å²) in [5.41, 5.74) is 0.0829. The number of fused-ring (bicyclic) bond motifs is 1. The third kappa shape index (κ3) is 6.68. The largest absolute Gasteiger partial charge is 0.494 e. The minimum absolute atomic E-state index is 0.132. The van der Waals surface area contributed by atoms with Crippen LogP contribution in [0.3, 0.4) is 0 Å². The Morgan fingerprint density at radius 2 is 1.71 bits per heavy atom. The van der Waals surface area contributed by atoms with E-state index in [-0.39, 0.29) is 24.4 Å². The molecule has 0 aliphatic carbocycles. The predicted octanol–water partition coefficient (Wildman–Crippen LogP) is 6.43. The first kappa shape index (κ1) is 29.6. The summed E-state index contributed by atoms with van der Waals surface area (Å²) in [5.74, 6) is 0.975. The number of amides is 2. The number of para-hydroxylation sites is 1. The smallest absolute Gasteiger partial charge is 0.416 e. The van der Waals surface area contributed by atoms with E-state index in [0.717, 1.165) is 12.1 Å². The van der Waals surface area contributed by atoms with Crippen molar-refractivity contribution in [2.75, 3.05) is 32.2 Å². The number of urea groups is 1. The summed E-state index contributed by atoms with van der Waals surface area (Å²) in [6, 6.07) is 16.9. The number of anilines is 1. The van der Waals surface area contributed by atoms with Crippen LogP contribution in [0.15, 0.2) is 77.6 Å². The second-order valence-corrected chi connectivity index (χ2v) is 9.17. The summed E-state index contributed by atoms with van der Waals surface area (Å²) < 4.78 is 51.3. The van der Waals surface area contributed by atoms with Crippen molar-refractivity contribution in [2.24, 2.45) is 0 Å². The number of aromatic nitrogens is 2. The molecule has 0 aliphatic heterocycles. The fraction of sp³-hybridized carbons (Fsp3) is 0.300. The SMILES string of the molecule is CCOc1ccc(-n2c(C(CC)N(CCOC)C(=O)Nc3ccc(C(F)(F)F)cc3)nc3ccccc3c2=O)cc1. The van der Waals surface area contributed by atoms with Crippen LogP contribution in [0.25, 0.3) is 16.6 Å². The van der Waals surface area contributed by atoms with Crippen LogP contribution in [0.4, 0.5) is 23.7 Å². The molecular formula is C30H31F3N4O4. The standard InChI is InChI=1S/C30H31F3N4O4/c1-4-26(36(18-19-40-3)29(39)34-21-12-10-20(11-13-21)30(31,32)33)27-35-25-9-7-6-8-24(25)28(38)37(27)22-14-16-23(17-15-22)41-5-2/h6-17,26H,4-5,18-19H2,1-3H3,(H,34,39). The molecule has 4 rings (SSSR count). The van der Waals surface area contributed by atoms with Gasteiger partial charge in [0, 0.05) is 19.3 Å². The Labute approximate surface area is 235 Å². The average Bonchev–Trinajstić information content (AvgIpc) is 2.96. The maximum absolute atomic E-state index is 13.8. The molecule has 0 bridgehead atoms. The summed E-state index contributed by atoms with van der Waals surface area (Å²) in [6.45, 7) is 4.54. The van der Waals surface area contributed by atoms with E-state index < -0.39 is 23.8 Å². The van der Waals surface area contributed by atoms with E-state index in [0.29, 0.717) is 41.2 Å². The summed E-state index contributed by atoms with van der Waals surface area (Å²) >= 11 is 0. The highest BCUT2D eigenvalue weighted by Gasteiger charge is 2.31. The number of alkyl halides is 3. The van der Waals surface area contributed by atoms with Gasteiger partial charge in [-0.15, -0.1) is 0 Å². The van der Waals surface area contributed by atoms with Crippen LogP contribution in [-0.2, 0) is 10.9 Å². The van der Waals surface area contributed by atoms with Crippen molar-refractivity contribution in [2.45, 2.75) is 32.5 Å². The number of carbonyl (C=O) groups excluding carboxylic acids is 1. The van der Waals surface area contributed by atoms with Gasteiger partial charge < -0.3 is 19.7 Å². The van der Waals surface area contributed by atoms with Crippen LogP contribution < -0.4 is 15.6 Å². The lowest BCUT2D eigenvalue weighted by Gasteiger charge is -2.32. The van der Waals surface area contributed by atoms with Gasteiger partial charge in [0.05, 0.1) is 41.4 Å². The molecular weight excluding hydrogens is 537 g/mol. The molecule has 1 atom stereocenters. The maximum Gasteiger partial charge on any atom is 0.416 e. The first-order valence-electron chi connectivity index (χ1n) is 13.2. The summed E-state index contributed by atoms with van der Waals surface area (Å²) in [4.78, 5) is 33.8. The zero-order chi connectivity index (χ0) is 29.6. The first-order chi connectivity index (χ1) is 19.7.